The minimum Gasteiger partial charge on any atom is -0.365 e. The van der Waals surface area contributed by atoms with Crippen LogP contribution in [0.4, 0.5) is 11.5 Å². The minimum atomic E-state index is 0.412. The van der Waals surface area contributed by atoms with E-state index in [0.717, 1.165) is 47.4 Å². The molecule has 0 aliphatic carbocycles. The van der Waals surface area contributed by atoms with E-state index in [1.54, 1.807) is 6.33 Å². The molecule has 0 saturated carbocycles. The smallest absolute Gasteiger partial charge is 0.156 e. The van der Waals surface area contributed by atoms with Crippen LogP contribution in [-0.2, 0) is 0 Å². The fourth-order valence-corrected chi connectivity index (χ4v) is 4.21. The maximum Gasteiger partial charge on any atom is 0.156 e. The van der Waals surface area contributed by atoms with Crippen molar-refractivity contribution in [2.75, 3.05) is 29.4 Å². The normalized spacial score (nSPS) is 17.8. The van der Waals surface area contributed by atoms with Crippen LogP contribution in [0.1, 0.15) is 12.5 Å². The summed E-state index contributed by atoms with van der Waals surface area (Å²) in [5.74, 6) is 1.01. The summed E-state index contributed by atoms with van der Waals surface area (Å²) in [5, 5.41) is 1.16. The second-order valence-corrected chi connectivity index (χ2v) is 7.42. The Kier molecular flexibility index (Phi) is 3.74. The molecule has 3 heterocycles. The molecule has 5 nitrogen and oxygen atoms in total. The first kappa shape index (κ1) is 16.1. The lowest BCUT2D eigenvalue weighted by molar-refractivity contribution is 0.548. The summed E-state index contributed by atoms with van der Waals surface area (Å²) in [6.07, 6.45) is 1.69. The maximum absolute atomic E-state index is 4.64. The van der Waals surface area contributed by atoms with Gasteiger partial charge in [-0.05, 0) is 37.6 Å². The monoisotopic (exact) mass is 357 g/mol. The van der Waals surface area contributed by atoms with Gasteiger partial charge in [-0.15, -0.1) is 0 Å². The van der Waals surface area contributed by atoms with Gasteiger partial charge < -0.3 is 14.8 Å². The van der Waals surface area contributed by atoms with Crippen molar-refractivity contribution in [1.29, 1.82) is 0 Å². The third-order valence-electron chi connectivity index (χ3n) is 5.53. The van der Waals surface area contributed by atoms with Crippen LogP contribution in [-0.4, -0.2) is 40.6 Å². The predicted molar refractivity (Wildman–Crippen MR) is 112 cm³/mol. The average molecular weight is 357 g/mol. The van der Waals surface area contributed by atoms with E-state index in [1.807, 2.05) is 6.07 Å². The molecule has 1 atom stereocenters. The first-order valence-electron chi connectivity index (χ1n) is 9.50. The van der Waals surface area contributed by atoms with Gasteiger partial charge in [0.2, 0.25) is 0 Å². The quantitative estimate of drug-likeness (QED) is 0.586. The fraction of sp³-hybridized carbons (Fsp3) is 0.273. The molecule has 1 saturated heterocycles. The number of rotatable bonds is 2. The topological polar surface area (TPSA) is 48.1 Å². The zero-order valence-corrected chi connectivity index (χ0v) is 15.7. The van der Waals surface area contributed by atoms with Crippen molar-refractivity contribution in [3.63, 3.8) is 0 Å². The van der Waals surface area contributed by atoms with Crippen LogP contribution in [0.3, 0.4) is 0 Å². The molecule has 0 bridgehead atoms. The SMILES string of the molecule is Cc1cccc(N2CCN(c3ncnc4c3[nH]c3ccccc34)C[C@@H]2C)c1. The van der Waals surface area contributed by atoms with Crippen LogP contribution in [0, 0.1) is 6.92 Å². The van der Waals surface area contributed by atoms with Gasteiger partial charge in [0.25, 0.3) is 0 Å². The third-order valence-corrected chi connectivity index (χ3v) is 5.53. The number of hydrogen-bond donors (Lipinski definition) is 1. The van der Waals surface area contributed by atoms with Gasteiger partial charge >= 0.3 is 0 Å². The number of hydrogen-bond acceptors (Lipinski definition) is 4. The van der Waals surface area contributed by atoms with Gasteiger partial charge in [0.1, 0.15) is 17.4 Å². The molecular weight excluding hydrogens is 334 g/mol. The molecule has 0 unspecified atom stereocenters. The molecule has 1 N–H and O–H groups in total. The summed E-state index contributed by atoms with van der Waals surface area (Å²) in [4.78, 5) is 17.6. The maximum atomic E-state index is 4.64. The van der Waals surface area contributed by atoms with E-state index in [2.05, 4.69) is 81.1 Å². The molecule has 5 rings (SSSR count). The van der Waals surface area contributed by atoms with Crippen LogP contribution >= 0.6 is 0 Å². The lowest BCUT2D eigenvalue weighted by Crippen LogP contribution is -2.52. The van der Waals surface area contributed by atoms with Crippen molar-refractivity contribution in [2.45, 2.75) is 19.9 Å². The number of anilines is 2. The minimum absolute atomic E-state index is 0.412. The number of H-pyrrole nitrogens is 1. The van der Waals surface area contributed by atoms with Crippen molar-refractivity contribution >= 4 is 33.4 Å². The standard InChI is InChI=1S/C22H23N5/c1-15-6-5-7-17(12-15)27-11-10-26(13-16(27)2)22-21-20(23-14-24-22)18-8-3-4-9-19(18)25-21/h3-9,12,14,16,25H,10-11,13H2,1-2H3/t16-/m0/s1. The van der Waals surface area contributed by atoms with Crippen molar-refractivity contribution in [3.8, 4) is 0 Å². The van der Waals surface area contributed by atoms with Crippen LogP contribution in [0.5, 0.6) is 0 Å². The van der Waals surface area contributed by atoms with Gasteiger partial charge in [-0.3, -0.25) is 0 Å². The molecule has 0 spiro atoms. The Morgan fingerprint density at radius 3 is 2.78 bits per heavy atom. The lowest BCUT2D eigenvalue weighted by Gasteiger charge is -2.42. The molecular formula is C22H23N5. The number of aromatic nitrogens is 3. The van der Waals surface area contributed by atoms with Crippen molar-refractivity contribution in [3.05, 3.63) is 60.4 Å². The van der Waals surface area contributed by atoms with Crippen LogP contribution in [0.25, 0.3) is 21.9 Å². The second kappa shape index (κ2) is 6.27. The molecule has 2 aromatic carbocycles. The zero-order chi connectivity index (χ0) is 18.4. The Balaban J connectivity index is 1.48. The third kappa shape index (κ3) is 2.70. The Labute approximate surface area is 158 Å². The highest BCUT2D eigenvalue weighted by molar-refractivity contribution is 6.08. The molecule has 27 heavy (non-hydrogen) atoms. The van der Waals surface area contributed by atoms with E-state index in [-0.39, 0.29) is 0 Å². The lowest BCUT2D eigenvalue weighted by atomic mass is 10.1. The van der Waals surface area contributed by atoms with Gasteiger partial charge in [0.05, 0.1) is 0 Å². The second-order valence-electron chi connectivity index (χ2n) is 7.42. The molecule has 136 valence electrons. The van der Waals surface area contributed by atoms with Gasteiger partial charge in [0.15, 0.2) is 5.82 Å². The number of nitrogens with one attached hydrogen (secondary N) is 1. The van der Waals surface area contributed by atoms with Gasteiger partial charge in [0, 0.05) is 42.3 Å². The molecule has 1 aliphatic heterocycles. The molecule has 0 amide bonds. The highest BCUT2D eigenvalue weighted by atomic mass is 15.3. The first-order chi connectivity index (χ1) is 13.2. The fourth-order valence-electron chi connectivity index (χ4n) is 4.21. The van der Waals surface area contributed by atoms with Crippen molar-refractivity contribution < 1.29 is 0 Å². The van der Waals surface area contributed by atoms with Crippen molar-refractivity contribution in [2.24, 2.45) is 0 Å². The Morgan fingerprint density at radius 2 is 1.93 bits per heavy atom. The summed E-state index contributed by atoms with van der Waals surface area (Å²) >= 11 is 0. The van der Waals surface area contributed by atoms with E-state index in [9.17, 15) is 0 Å². The van der Waals surface area contributed by atoms with E-state index in [0.29, 0.717) is 6.04 Å². The number of aromatic amines is 1. The Bertz CT molecular complexity index is 1120. The highest BCUT2D eigenvalue weighted by Gasteiger charge is 2.26. The van der Waals surface area contributed by atoms with Crippen molar-refractivity contribution in [1.82, 2.24) is 15.0 Å². The number of piperazine rings is 1. The largest absolute Gasteiger partial charge is 0.365 e. The summed E-state index contributed by atoms with van der Waals surface area (Å²) in [6.45, 7) is 7.31. The average Bonchev–Trinajstić information content (AvgIpc) is 3.06. The molecule has 1 fully saturated rings. The molecule has 4 aromatic rings. The van der Waals surface area contributed by atoms with Gasteiger partial charge in [-0.25, -0.2) is 9.97 Å². The summed E-state index contributed by atoms with van der Waals surface area (Å²) < 4.78 is 0. The number of aryl methyl sites for hydroxylation is 1. The molecule has 1 aliphatic rings. The van der Waals surface area contributed by atoms with Crippen LogP contribution < -0.4 is 9.80 Å². The summed E-state index contributed by atoms with van der Waals surface area (Å²) in [6, 6.07) is 17.5. The number of fused-ring (bicyclic) bond motifs is 3. The molecule has 0 radical (unpaired) electrons. The molecule has 5 heteroatoms. The highest BCUT2D eigenvalue weighted by Crippen LogP contribution is 2.31. The van der Waals surface area contributed by atoms with E-state index < -0.39 is 0 Å². The summed E-state index contributed by atoms with van der Waals surface area (Å²) in [7, 11) is 0. The van der Waals surface area contributed by atoms with Gasteiger partial charge in [-0.1, -0.05) is 30.3 Å². The predicted octanol–water partition coefficient (Wildman–Crippen LogP) is 4.13. The number of para-hydroxylation sites is 1. The van der Waals surface area contributed by atoms with E-state index in [1.165, 1.54) is 11.3 Å². The van der Waals surface area contributed by atoms with Crippen LogP contribution in [0.15, 0.2) is 54.9 Å². The Hall–Kier alpha value is -3.08. The molecule has 2 aromatic heterocycles. The van der Waals surface area contributed by atoms with Crippen LogP contribution in [0.2, 0.25) is 0 Å². The zero-order valence-electron chi connectivity index (χ0n) is 15.7. The summed E-state index contributed by atoms with van der Waals surface area (Å²) in [5.41, 5.74) is 5.76. The van der Waals surface area contributed by atoms with Gasteiger partial charge in [-0.2, -0.15) is 0 Å². The first-order valence-corrected chi connectivity index (χ1v) is 9.50. The van der Waals surface area contributed by atoms with E-state index >= 15 is 0 Å². The number of nitrogens with zero attached hydrogens (tertiary/aromatic N) is 4. The number of benzene rings is 2. The van der Waals surface area contributed by atoms with E-state index in [4.69, 9.17) is 0 Å². The Morgan fingerprint density at radius 1 is 1.04 bits per heavy atom.